The number of aliphatic carboxylic acids is 1. The molecule has 0 saturated carbocycles. The Hall–Kier alpha value is -3.47. The van der Waals surface area contributed by atoms with E-state index in [-0.39, 0.29) is 0 Å². The second kappa shape index (κ2) is 10.4. The smallest absolute Gasteiger partial charge is 0.340 e. The summed E-state index contributed by atoms with van der Waals surface area (Å²) >= 11 is 6.26. The van der Waals surface area contributed by atoms with Gasteiger partial charge in [0.05, 0.1) is 11.2 Å². The number of rotatable bonds is 8. The molecule has 2 N–H and O–H groups in total. The first-order valence-electron chi connectivity index (χ1n) is 11.6. The molecule has 0 bridgehead atoms. The molecule has 1 heterocycles. The van der Waals surface area contributed by atoms with E-state index in [1.165, 1.54) is 12.5 Å². The SMILES string of the molecule is Cc1c(Cl)ccc2ccc(/C=C/c3cccc(CCCc4ccccc4C(C)(O)C(=O)O)c3)nc12. The Morgan fingerprint density at radius 1 is 1.00 bits per heavy atom. The van der Waals surface area contributed by atoms with Crippen molar-refractivity contribution in [3.63, 3.8) is 0 Å². The van der Waals surface area contributed by atoms with Gasteiger partial charge in [-0.25, -0.2) is 9.78 Å². The lowest BCUT2D eigenvalue weighted by Crippen LogP contribution is -2.33. The third kappa shape index (κ3) is 5.61. The van der Waals surface area contributed by atoms with Crippen LogP contribution in [0.3, 0.4) is 0 Å². The van der Waals surface area contributed by atoms with Crippen molar-refractivity contribution in [1.82, 2.24) is 4.98 Å². The molecule has 0 saturated heterocycles. The number of nitrogens with zero attached hydrogens (tertiary/aromatic N) is 1. The van der Waals surface area contributed by atoms with Crippen molar-refractivity contribution in [2.75, 3.05) is 0 Å². The predicted molar refractivity (Wildman–Crippen MR) is 143 cm³/mol. The molecule has 4 nitrogen and oxygen atoms in total. The van der Waals surface area contributed by atoms with Gasteiger partial charge in [0.25, 0.3) is 0 Å². The van der Waals surface area contributed by atoms with Gasteiger partial charge in [0.2, 0.25) is 0 Å². The summed E-state index contributed by atoms with van der Waals surface area (Å²) in [6.07, 6.45) is 6.42. The van der Waals surface area contributed by atoms with Gasteiger partial charge in [-0.05, 0) is 79.1 Å². The van der Waals surface area contributed by atoms with Crippen molar-refractivity contribution in [2.45, 2.75) is 38.7 Å². The number of carboxylic acids is 1. The first-order valence-corrected chi connectivity index (χ1v) is 12.0. The summed E-state index contributed by atoms with van der Waals surface area (Å²) < 4.78 is 0. The van der Waals surface area contributed by atoms with Crippen molar-refractivity contribution >= 4 is 40.6 Å². The summed E-state index contributed by atoms with van der Waals surface area (Å²) in [6, 6.07) is 23.5. The van der Waals surface area contributed by atoms with E-state index in [9.17, 15) is 15.0 Å². The zero-order valence-electron chi connectivity index (χ0n) is 19.8. The van der Waals surface area contributed by atoms with E-state index < -0.39 is 11.6 Å². The molecule has 1 unspecified atom stereocenters. The number of aromatic nitrogens is 1. The standard InChI is InChI=1S/C30H28ClNO3/c1-20-27(31)18-15-24-14-17-25(32-28(20)24)16-13-22-8-5-7-21(19-22)9-6-11-23-10-3-4-12-26(23)30(2,35)29(33)34/h3-5,7-8,10,12-19,35H,6,9,11H2,1-2H3,(H,33,34)/b16-13+. The highest BCUT2D eigenvalue weighted by molar-refractivity contribution is 6.32. The number of pyridine rings is 1. The van der Waals surface area contributed by atoms with Gasteiger partial charge in [0, 0.05) is 10.4 Å². The van der Waals surface area contributed by atoms with Crippen molar-refractivity contribution in [3.05, 3.63) is 111 Å². The van der Waals surface area contributed by atoms with E-state index >= 15 is 0 Å². The zero-order valence-corrected chi connectivity index (χ0v) is 20.6. The van der Waals surface area contributed by atoms with Crippen molar-refractivity contribution in [1.29, 1.82) is 0 Å². The van der Waals surface area contributed by atoms with Crippen LogP contribution in [0.2, 0.25) is 5.02 Å². The van der Waals surface area contributed by atoms with Crippen molar-refractivity contribution < 1.29 is 15.0 Å². The molecular weight excluding hydrogens is 458 g/mol. The number of aliphatic hydroxyl groups is 1. The molecule has 35 heavy (non-hydrogen) atoms. The molecule has 0 radical (unpaired) electrons. The third-order valence-electron chi connectivity index (χ3n) is 6.34. The Bertz CT molecular complexity index is 1410. The lowest BCUT2D eigenvalue weighted by molar-refractivity contribution is -0.157. The van der Waals surface area contributed by atoms with Gasteiger partial charge >= 0.3 is 5.97 Å². The average molecular weight is 486 g/mol. The van der Waals surface area contributed by atoms with Crippen molar-refractivity contribution in [3.8, 4) is 0 Å². The highest BCUT2D eigenvalue weighted by Crippen LogP contribution is 2.27. The molecule has 0 aliphatic heterocycles. The number of carbonyl (C=O) groups is 1. The molecule has 4 rings (SSSR count). The van der Waals surface area contributed by atoms with Crippen LogP contribution < -0.4 is 0 Å². The Kier molecular flexibility index (Phi) is 7.34. The molecule has 0 fully saturated rings. The van der Waals surface area contributed by atoms with Crippen LogP contribution in [-0.2, 0) is 23.2 Å². The summed E-state index contributed by atoms with van der Waals surface area (Å²) in [6.45, 7) is 3.31. The molecule has 178 valence electrons. The summed E-state index contributed by atoms with van der Waals surface area (Å²) in [5.74, 6) is -1.25. The largest absolute Gasteiger partial charge is 0.479 e. The number of benzene rings is 3. The van der Waals surface area contributed by atoms with Crippen LogP contribution in [0, 0.1) is 6.92 Å². The fraction of sp³-hybridized carbons (Fsp3) is 0.200. The van der Waals surface area contributed by atoms with E-state index in [2.05, 4.69) is 30.3 Å². The second-order valence-corrected chi connectivity index (χ2v) is 9.35. The van der Waals surface area contributed by atoms with Gasteiger partial charge in [-0.15, -0.1) is 0 Å². The Balaban J connectivity index is 1.45. The zero-order chi connectivity index (χ0) is 25.0. The van der Waals surface area contributed by atoms with Crippen molar-refractivity contribution in [2.24, 2.45) is 0 Å². The molecule has 5 heteroatoms. The second-order valence-electron chi connectivity index (χ2n) is 8.95. The maximum absolute atomic E-state index is 11.5. The summed E-state index contributed by atoms with van der Waals surface area (Å²) in [7, 11) is 0. The first kappa shape index (κ1) is 24.6. The van der Waals surface area contributed by atoms with Crippen LogP contribution in [0.25, 0.3) is 23.1 Å². The van der Waals surface area contributed by atoms with Gasteiger partial charge in [-0.2, -0.15) is 0 Å². The lowest BCUT2D eigenvalue weighted by atomic mass is 9.89. The quantitative estimate of drug-likeness (QED) is 0.287. The van der Waals surface area contributed by atoms with Gasteiger partial charge in [-0.3, -0.25) is 0 Å². The minimum atomic E-state index is -1.90. The maximum Gasteiger partial charge on any atom is 0.340 e. The fourth-order valence-corrected chi connectivity index (χ4v) is 4.41. The first-order chi connectivity index (χ1) is 16.8. The molecular formula is C30H28ClNO3. The van der Waals surface area contributed by atoms with Crippen LogP contribution in [0.4, 0.5) is 0 Å². The predicted octanol–water partition coefficient (Wildman–Crippen LogP) is 6.83. The molecule has 0 aliphatic rings. The minimum absolute atomic E-state index is 0.448. The van der Waals surface area contributed by atoms with E-state index in [0.717, 1.165) is 46.1 Å². The molecule has 3 aromatic carbocycles. The number of fused-ring (bicyclic) bond motifs is 1. The van der Waals surface area contributed by atoms with E-state index in [4.69, 9.17) is 16.6 Å². The van der Waals surface area contributed by atoms with Crippen LogP contribution >= 0.6 is 11.6 Å². The Morgan fingerprint density at radius 2 is 1.77 bits per heavy atom. The van der Waals surface area contributed by atoms with Crippen LogP contribution in [0.15, 0.2) is 72.8 Å². The lowest BCUT2D eigenvalue weighted by Gasteiger charge is -2.21. The van der Waals surface area contributed by atoms with Gasteiger partial charge in [0.1, 0.15) is 0 Å². The van der Waals surface area contributed by atoms with Gasteiger partial charge in [-0.1, -0.05) is 78.3 Å². The molecule has 0 amide bonds. The molecule has 1 aromatic heterocycles. The number of aryl methyl sites for hydroxylation is 3. The Labute approximate surface area is 210 Å². The third-order valence-corrected chi connectivity index (χ3v) is 6.75. The molecule has 4 aromatic rings. The maximum atomic E-state index is 11.5. The van der Waals surface area contributed by atoms with E-state index in [1.807, 2.05) is 49.4 Å². The topological polar surface area (TPSA) is 70.4 Å². The Morgan fingerprint density at radius 3 is 2.57 bits per heavy atom. The van der Waals surface area contributed by atoms with Gasteiger partial charge < -0.3 is 10.2 Å². The van der Waals surface area contributed by atoms with E-state index in [0.29, 0.717) is 17.0 Å². The molecule has 0 aliphatic carbocycles. The average Bonchev–Trinajstić information content (AvgIpc) is 2.85. The van der Waals surface area contributed by atoms with Crippen LogP contribution in [0.1, 0.15) is 46.9 Å². The van der Waals surface area contributed by atoms with Crippen LogP contribution in [0.5, 0.6) is 0 Å². The highest BCUT2D eigenvalue weighted by atomic mass is 35.5. The number of halogens is 1. The number of carboxylic acid groups (broad SMARTS) is 1. The van der Waals surface area contributed by atoms with E-state index in [1.54, 1.807) is 12.1 Å². The highest BCUT2D eigenvalue weighted by Gasteiger charge is 2.33. The minimum Gasteiger partial charge on any atom is -0.479 e. The molecule has 1 atom stereocenters. The number of hydrogen-bond donors (Lipinski definition) is 2. The van der Waals surface area contributed by atoms with Crippen LogP contribution in [-0.4, -0.2) is 21.2 Å². The summed E-state index contributed by atoms with van der Waals surface area (Å²) in [5.41, 5.74) is 4.45. The monoisotopic (exact) mass is 485 g/mol. The van der Waals surface area contributed by atoms with Gasteiger partial charge in [0.15, 0.2) is 5.60 Å². The summed E-state index contributed by atoms with van der Waals surface area (Å²) in [4.78, 5) is 16.3. The number of hydrogen-bond acceptors (Lipinski definition) is 3. The summed E-state index contributed by atoms with van der Waals surface area (Å²) in [5, 5.41) is 21.6. The fourth-order valence-electron chi connectivity index (χ4n) is 4.26. The normalized spacial score (nSPS) is 13.3. The molecule has 0 spiro atoms.